The highest BCUT2D eigenvalue weighted by Crippen LogP contribution is 2.44. The first-order valence-corrected chi connectivity index (χ1v) is 8.25. The Labute approximate surface area is 142 Å². The zero-order valence-electron chi connectivity index (χ0n) is 9.43. The van der Waals surface area contributed by atoms with Gasteiger partial charge in [-0.05, 0) is 70.6 Å². The first-order valence-electron chi connectivity index (χ1n) is 5.08. The number of cyclic esters (lactones) is 2. The molecular formula is C11H6Br4O4. The topological polar surface area (TPSA) is 55.9 Å². The molecule has 8 heteroatoms. The number of ether oxygens (including phenoxy) is 2. The van der Waals surface area contributed by atoms with Crippen molar-refractivity contribution in [3.63, 3.8) is 0 Å². The van der Waals surface area contributed by atoms with Gasteiger partial charge in [0.15, 0.2) is 0 Å². The minimum Gasteiger partial charge on any atom is -0.386 e. The zero-order valence-corrected chi connectivity index (χ0v) is 15.8. The van der Waals surface area contributed by atoms with E-state index >= 15 is 0 Å². The maximum Gasteiger partial charge on any atom is 0.348 e. The summed E-state index contributed by atoms with van der Waals surface area (Å²) in [6, 6.07) is 0. The Morgan fingerprint density at radius 3 is 1.47 bits per heavy atom. The molecule has 1 atom stereocenters. The van der Waals surface area contributed by atoms with Gasteiger partial charge in [0.2, 0.25) is 0 Å². The van der Waals surface area contributed by atoms with Gasteiger partial charge < -0.3 is 9.47 Å². The van der Waals surface area contributed by atoms with E-state index in [0.29, 0.717) is 24.0 Å². The summed E-state index contributed by atoms with van der Waals surface area (Å²) in [5, 5.41) is 0. The molecule has 0 saturated carbocycles. The summed E-state index contributed by atoms with van der Waals surface area (Å²) in [5.74, 6) is -1.29. The molecule has 0 radical (unpaired) electrons. The van der Waals surface area contributed by atoms with Crippen molar-refractivity contribution < 1.29 is 19.1 Å². The minimum absolute atomic E-state index is 0.238. The molecule has 2 heterocycles. The summed E-state index contributed by atoms with van der Waals surface area (Å²) in [5.41, 5.74) is 0.476. The quantitative estimate of drug-likeness (QED) is 0.166. The van der Waals surface area contributed by atoms with Crippen LogP contribution in [0, 0.1) is 0 Å². The normalized spacial score (nSPS) is 19.5. The van der Waals surface area contributed by atoms with Gasteiger partial charge in [-0.3, -0.25) is 0 Å². The highest BCUT2D eigenvalue weighted by molar-refractivity contribution is 9.15. The molecule has 1 aromatic rings. The minimum atomic E-state index is -0.643. The summed E-state index contributed by atoms with van der Waals surface area (Å²) in [6.45, 7) is 3.04. The lowest BCUT2D eigenvalue weighted by molar-refractivity contribution is 0.0443. The third kappa shape index (κ3) is 3.12. The van der Waals surface area contributed by atoms with E-state index < -0.39 is 11.9 Å². The number of halogens is 4. The van der Waals surface area contributed by atoms with Crippen molar-refractivity contribution in [3.05, 3.63) is 29.0 Å². The lowest BCUT2D eigenvalue weighted by atomic mass is 10.1. The molecule has 0 bridgehead atoms. The predicted octanol–water partition coefficient (Wildman–Crippen LogP) is 4.45. The molecule has 0 N–H and O–H groups in total. The van der Waals surface area contributed by atoms with E-state index in [4.69, 9.17) is 4.74 Å². The highest BCUT2D eigenvalue weighted by atomic mass is 79.9. The summed E-state index contributed by atoms with van der Waals surface area (Å²) in [4.78, 5) is 22.8. The fourth-order valence-electron chi connectivity index (χ4n) is 1.30. The Morgan fingerprint density at radius 2 is 1.21 bits per heavy atom. The van der Waals surface area contributed by atoms with Gasteiger partial charge in [-0.1, -0.05) is 0 Å². The van der Waals surface area contributed by atoms with Crippen LogP contribution in [0.25, 0.3) is 0 Å². The van der Waals surface area contributed by atoms with Gasteiger partial charge in [0.05, 0.1) is 23.8 Å². The molecule has 0 amide bonds. The van der Waals surface area contributed by atoms with Gasteiger partial charge in [-0.25, -0.2) is 9.59 Å². The van der Waals surface area contributed by atoms with E-state index in [0.717, 1.165) is 6.61 Å². The molecule has 1 fully saturated rings. The number of carbonyl (C=O) groups is 2. The summed E-state index contributed by atoms with van der Waals surface area (Å²) in [6.07, 6.45) is 0.583. The van der Waals surface area contributed by atoms with E-state index in [-0.39, 0.29) is 11.1 Å². The van der Waals surface area contributed by atoms with Gasteiger partial charge in [-0.15, -0.1) is 0 Å². The van der Waals surface area contributed by atoms with Crippen LogP contribution in [0.3, 0.4) is 0 Å². The van der Waals surface area contributed by atoms with Gasteiger partial charge in [0.1, 0.15) is 0 Å². The highest BCUT2D eigenvalue weighted by Gasteiger charge is 2.36. The number of carbonyl (C=O) groups excluding carboxylic acids is 2. The number of rotatable bonds is 0. The second-order valence-corrected chi connectivity index (χ2v) is 7.00. The number of esters is 2. The molecule has 19 heavy (non-hydrogen) atoms. The number of hydrogen-bond acceptors (Lipinski definition) is 4. The van der Waals surface area contributed by atoms with E-state index in [2.05, 4.69) is 75.4 Å². The maximum atomic E-state index is 11.4. The van der Waals surface area contributed by atoms with Crippen molar-refractivity contribution in [1.29, 1.82) is 0 Å². The molecule has 4 nitrogen and oxygen atoms in total. The van der Waals surface area contributed by atoms with E-state index in [1.165, 1.54) is 0 Å². The molecule has 3 rings (SSSR count). The summed E-state index contributed by atoms with van der Waals surface area (Å²) >= 11 is 13.0. The molecule has 2 aliphatic heterocycles. The lowest BCUT2D eigenvalue weighted by Gasteiger charge is -2.06. The monoisotopic (exact) mass is 518 g/mol. The van der Waals surface area contributed by atoms with E-state index in [1.807, 2.05) is 0 Å². The van der Waals surface area contributed by atoms with Crippen molar-refractivity contribution in [1.82, 2.24) is 0 Å². The number of benzene rings is 1. The zero-order chi connectivity index (χ0) is 14.3. The molecule has 1 aromatic carbocycles. The third-order valence-electron chi connectivity index (χ3n) is 2.36. The van der Waals surface area contributed by atoms with Gasteiger partial charge in [0, 0.05) is 17.9 Å². The van der Waals surface area contributed by atoms with Crippen molar-refractivity contribution in [2.45, 2.75) is 13.0 Å². The lowest BCUT2D eigenvalue weighted by Crippen LogP contribution is -1.97. The first kappa shape index (κ1) is 15.6. The van der Waals surface area contributed by atoms with Gasteiger partial charge in [-0.2, -0.15) is 0 Å². The molecule has 1 unspecified atom stereocenters. The maximum absolute atomic E-state index is 11.4. The van der Waals surface area contributed by atoms with Crippen LogP contribution in [0.4, 0.5) is 0 Å². The average Bonchev–Trinajstić information content (AvgIpc) is 3.07. The van der Waals surface area contributed by atoms with Crippen LogP contribution < -0.4 is 0 Å². The number of epoxide rings is 1. The van der Waals surface area contributed by atoms with E-state index in [9.17, 15) is 9.59 Å². The Bertz CT molecular complexity index is 536. The van der Waals surface area contributed by atoms with Crippen LogP contribution in [0.2, 0.25) is 0 Å². The molecule has 2 aliphatic rings. The second-order valence-electron chi connectivity index (χ2n) is 3.83. The van der Waals surface area contributed by atoms with Crippen molar-refractivity contribution in [3.8, 4) is 0 Å². The Kier molecular flexibility index (Phi) is 4.88. The first-order chi connectivity index (χ1) is 8.84. The SMILES string of the molecule is CC1CO1.O=C1OC(=O)c2c(Br)c(Br)c(Br)c(Br)c21. The third-order valence-corrected chi connectivity index (χ3v) is 7.13. The van der Waals surface area contributed by atoms with Crippen molar-refractivity contribution >= 4 is 75.7 Å². The van der Waals surface area contributed by atoms with Crippen LogP contribution in [0.5, 0.6) is 0 Å². The largest absolute Gasteiger partial charge is 0.386 e. The second kappa shape index (κ2) is 5.93. The fraction of sp³-hybridized carbons (Fsp3) is 0.273. The van der Waals surface area contributed by atoms with Crippen LogP contribution in [-0.2, 0) is 9.47 Å². The van der Waals surface area contributed by atoms with Crippen molar-refractivity contribution in [2.24, 2.45) is 0 Å². The van der Waals surface area contributed by atoms with Crippen LogP contribution in [0.1, 0.15) is 27.6 Å². The van der Waals surface area contributed by atoms with Gasteiger partial charge in [0.25, 0.3) is 0 Å². The smallest absolute Gasteiger partial charge is 0.348 e. The molecule has 102 valence electrons. The van der Waals surface area contributed by atoms with Crippen LogP contribution in [0.15, 0.2) is 17.9 Å². The summed E-state index contributed by atoms with van der Waals surface area (Å²) in [7, 11) is 0. The number of hydrogen-bond donors (Lipinski definition) is 0. The van der Waals surface area contributed by atoms with Crippen LogP contribution in [-0.4, -0.2) is 24.6 Å². The molecule has 1 saturated heterocycles. The standard InChI is InChI=1S/C8Br4O3.C3H6O/c9-3-1-2(8(14)15-7(1)13)4(10)6(12)5(3)11;1-3-2-4-3/h;3H,2H2,1H3. The molecule has 0 aliphatic carbocycles. The van der Waals surface area contributed by atoms with Gasteiger partial charge >= 0.3 is 11.9 Å². The van der Waals surface area contributed by atoms with Crippen molar-refractivity contribution in [2.75, 3.05) is 6.61 Å². The Balaban J connectivity index is 0.000000284. The predicted molar refractivity (Wildman–Crippen MR) is 82.4 cm³/mol. The average molecular weight is 522 g/mol. The molecular weight excluding hydrogens is 516 g/mol. The molecule has 0 spiro atoms. The number of fused-ring (bicyclic) bond motifs is 1. The Hall–Kier alpha value is 0.240. The molecule has 0 aromatic heterocycles. The Morgan fingerprint density at radius 1 is 0.895 bits per heavy atom. The van der Waals surface area contributed by atoms with E-state index in [1.54, 1.807) is 0 Å². The van der Waals surface area contributed by atoms with Crippen LogP contribution >= 0.6 is 63.7 Å². The fourth-order valence-corrected chi connectivity index (χ4v) is 3.74. The summed E-state index contributed by atoms with van der Waals surface area (Å²) < 4.78 is 11.5.